The van der Waals surface area contributed by atoms with Gasteiger partial charge in [0.05, 0.1) is 0 Å². The van der Waals surface area contributed by atoms with Crippen LogP contribution in [0.2, 0.25) is 0 Å². The third-order valence-electron chi connectivity index (χ3n) is 6.50. The summed E-state index contributed by atoms with van der Waals surface area (Å²) in [4.78, 5) is 12.0. The lowest BCUT2D eigenvalue weighted by Gasteiger charge is -2.53. The molecular formula is C16H22O2. The molecule has 5 aliphatic rings. The van der Waals surface area contributed by atoms with Gasteiger partial charge in [-0.2, -0.15) is 0 Å². The van der Waals surface area contributed by atoms with Gasteiger partial charge in [-0.25, -0.2) is 4.79 Å². The molecule has 0 amide bonds. The van der Waals surface area contributed by atoms with Crippen LogP contribution in [0, 0.1) is 35.5 Å². The lowest BCUT2D eigenvalue weighted by molar-refractivity contribution is -0.189. The molecule has 2 nitrogen and oxygen atoms in total. The summed E-state index contributed by atoms with van der Waals surface area (Å²) >= 11 is 0. The van der Waals surface area contributed by atoms with E-state index in [2.05, 4.69) is 13.5 Å². The third kappa shape index (κ3) is 1.08. The summed E-state index contributed by atoms with van der Waals surface area (Å²) < 4.78 is 6.03. The Morgan fingerprint density at radius 3 is 2.72 bits per heavy atom. The van der Waals surface area contributed by atoms with Gasteiger partial charge in [0.15, 0.2) is 0 Å². The van der Waals surface area contributed by atoms with Gasteiger partial charge in [0.1, 0.15) is 5.60 Å². The number of rotatable bonds is 3. The second-order valence-corrected chi connectivity index (χ2v) is 7.07. The maximum atomic E-state index is 12.0. The molecule has 98 valence electrons. The van der Waals surface area contributed by atoms with Gasteiger partial charge in [-0.1, -0.05) is 13.5 Å². The molecule has 0 aromatic carbocycles. The number of hydrogen-bond acceptors (Lipinski definition) is 2. The van der Waals surface area contributed by atoms with Crippen molar-refractivity contribution in [3.8, 4) is 0 Å². The summed E-state index contributed by atoms with van der Waals surface area (Å²) in [5.74, 6) is 4.99. The molecule has 5 aliphatic carbocycles. The van der Waals surface area contributed by atoms with E-state index in [0.717, 1.165) is 30.1 Å². The average molecular weight is 246 g/mol. The first-order chi connectivity index (χ1) is 8.58. The van der Waals surface area contributed by atoms with Crippen molar-refractivity contribution in [1.82, 2.24) is 0 Å². The van der Waals surface area contributed by atoms with E-state index in [0.29, 0.717) is 17.4 Å². The zero-order chi connectivity index (χ0) is 12.7. The standard InChI is InChI=1S/C16H22O2/c1-4-16(18-15(17)8(2)3)10-5-9-6-12(16)14-11(7-10)13(9)14/h9-14H,2,4-7H2,1,3H3. The predicted molar refractivity (Wildman–Crippen MR) is 68.7 cm³/mol. The highest BCUT2D eigenvalue weighted by atomic mass is 16.6. The molecule has 2 heteroatoms. The summed E-state index contributed by atoms with van der Waals surface area (Å²) in [5, 5.41) is 0. The topological polar surface area (TPSA) is 26.3 Å². The first-order valence-electron chi connectivity index (χ1n) is 7.47. The highest BCUT2D eigenvalue weighted by Gasteiger charge is 2.76. The van der Waals surface area contributed by atoms with Crippen molar-refractivity contribution >= 4 is 5.97 Å². The van der Waals surface area contributed by atoms with Gasteiger partial charge in [0.2, 0.25) is 0 Å². The van der Waals surface area contributed by atoms with Gasteiger partial charge in [-0.15, -0.1) is 0 Å². The highest BCUT2D eigenvalue weighted by Crippen LogP contribution is 2.78. The fourth-order valence-electron chi connectivity index (χ4n) is 5.93. The maximum absolute atomic E-state index is 12.0. The fraction of sp³-hybridized carbons (Fsp3) is 0.812. The summed E-state index contributed by atoms with van der Waals surface area (Å²) in [6.45, 7) is 7.70. The van der Waals surface area contributed by atoms with E-state index in [1.807, 2.05) is 0 Å². The molecule has 5 rings (SSSR count). The predicted octanol–water partition coefficient (Wildman–Crippen LogP) is 3.18. The molecule has 0 saturated heterocycles. The summed E-state index contributed by atoms with van der Waals surface area (Å²) in [5.41, 5.74) is 0.407. The minimum absolute atomic E-state index is 0.140. The molecule has 0 spiro atoms. The van der Waals surface area contributed by atoms with E-state index in [1.165, 1.54) is 19.3 Å². The third-order valence-corrected chi connectivity index (χ3v) is 6.50. The largest absolute Gasteiger partial charge is 0.455 e. The van der Waals surface area contributed by atoms with Crippen molar-refractivity contribution in [2.75, 3.05) is 0 Å². The molecule has 0 aromatic heterocycles. The zero-order valence-electron chi connectivity index (χ0n) is 11.3. The molecule has 5 saturated carbocycles. The molecular weight excluding hydrogens is 224 g/mol. The number of carbonyl (C=O) groups is 1. The molecule has 7 atom stereocenters. The Morgan fingerprint density at radius 1 is 1.33 bits per heavy atom. The smallest absolute Gasteiger partial charge is 0.333 e. The molecule has 0 aromatic rings. The van der Waals surface area contributed by atoms with Crippen LogP contribution < -0.4 is 0 Å². The van der Waals surface area contributed by atoms with Crippen molar-refractivity contribution in [3.05, 3.63) is 12.2 Å². The van der Waals surface area contributed by atoms with Crippen LogP contribution in [0.15, 0.2) is 12.2 Å². The van der Waals surface area contributed by atoms with Crippen LogP contribution in [0.25, 0.3) is 0 Å². The molecule has 5 fully saturated rings. The van der Waals surface area contributed by atoms with Gasteiger partial charge >= 0.3 is 5.97 Å². The summed E-state index contributed by atoms with van der Waals surface area (Å²) in [6, 6.07) is 0. The Bertz CT molecular complexity index is 440. The second kappa shape index (κ2) is 3.20. The van der Waals surface area contributed by atoms with E-state index in [1.54, 1.807) is 6.92 Å². The van der Waals surface area contributed by atoms with Crippen molar-refractivity contribution < 1.29 is 9.53 Å². The van der Waals surface area contributed by atoms with Crippen molar-refractivity contribution in [2.45, 2.75) is 45.1 Å². The van der Waals surface area contributed by atoms with Crippen LogP contribution in [0.5, 0.6) is 0 Å². The van der Waals surface area contributed by atoms with E-state index in [4.69, 9.17) is 4.74 Å². The van der Waals surface area contributed by atoms with Crippen LogP contribution in [0.1, 0.15) is 39.5 Å². The Morgan fingerprint density at radius 2 is 2.11 bits per heavy atom. The molecule has 0 N–H and O–H groups in total. The van der Waals surface area contributed by atoms with Crippen LogP contribution in [-0.4, -0.2) is 11.6 Å². The normalized spacial score (nSPS) is 54.3. The molecule has 4 bridgehead atoms. The summed E-state index contributed by atoms with van der Waals surface area (Å²) in [6.07, 6.45) is 4.94. The van der Waals surface area contributed by atoms with Gasteiger partial charge < -0.3 is 4.74 Å². The monoisotopic (exact) mass is 246 g/mol. The van der Waals surface area contributed by atoms with E-state index >= 15 is 0 Å². The Balaban J connectivity index is 1.68. The van der Waals surface area contributed by atoms with Crippen LogP contribution in [0.4, 0.5) is 0 Å². The molecule has 0 aliphatic heterocycles. The Labute approximate surface area is 109 Å². The first-order valence-corrected chi connectivity index (χ1v) is 7.47. The van der Waals surface area contributed by atoms with E-state index in [9.17, 15) is 4.79 Å². The second-order valence-electron chi connectivity index (χ2n) is 7.07. The highest BCUT2D eigenvalue weighted by molar-refractivity contribution is 5.87. The first kappa shape index (κ1) is 11.1. The molecule has 0 heterocycles. The lowest BCUT2D eigenvalue weighted by atomic mass is 9.58. The molecule has 0 radical (unpaired) electrons. The van der Waals surface area contributed by atoms with Gasteiger partial charge in [0, 0.05) is 11.5 Å². The summed E-state index contributed by atoms with van der Waals surface area (Å²) in [7, 11) is 0. The van der Waals surface area contributed by atoms with Gasteiger partial charge in [0.25, 0.3) is 0 Å². The van der Waals surface area contributed by atoms with Crippen LogP contribution >= 0.6 is 0 Å². The van der Waals surface area contributed by atoms with Crippen molar-refractivity contribution in [2.24, 2.45) is 35.5 Å². The SMILES string of the molecule is C=C(C)C(=O)OC1(CC)C2CC3CC1C1C(C2)C31. The zero-order valence-corrected chi connectivity index (χ0v) is 11.3. The number of ether oxygens (including phenoxy) is 1. The maximum Gasteiger partial charge on any atom is 0.333 e. The minimum Gasteiger partial charge on any atom is -0.455 e. The molecule has 7 unspecified atom stereocenters. The number of carbonyl (C=O) groups excluding carboxylic acids is 1. The van der Waals surface area contributed by atoms with Crippen LogP contribution in [0.3, 0.4) is 0 Å². The van der Waals surface area contributed by atoms with Gasteiger partial charge in [-0.05, 0) is 62.2 Å². The quantitative estimate of drug-likeness (QED) is 0.565. The van der Waals surface area contributed by atoms with E-state index in [-0.39, 0.29) is 11.6 Å². The number of hydrogen-bond donors (Lipinski definition) is 0. The van der Waals surface area contributed by atoms with Crippen molar-refractivity contribution in [1.29, 1.82) is 0 Å². The minimum atomic E-state index is -0.164. The van der Waals surface area contributed by atoms with Gasteiger partial charge in [-0.3, -0.25) is 0 Å². The Hall–Kier alpha value is -0.790. The van der Waals surface area contributed by atoms with E-state index < -0.39 is 0 Å². The Kier molecular flexibility index (Phi) is 1.97. The van der Waals surface area contributed by atoms with Crippen LogP contribution in [-0.2, 0) is 9.53 Å². The molecule has 18 heavy (non-hydrogen) atoms. The number of esters is 1. The van der Waals surface area contributed by atoms with Crippen molar-refractivity contribution in [3.63, 3.8) is 0 Å². The fourth-order valence-corrected chi connectivity index (χ4v) is 5.93. The average Bonchev–Trinajstić information content (AvgIpc) is 2.95. The lowest BCUT2D eigenvalue weighted by Crippen LogP contribution is -2.55.